The number of nitrogens with one attached hydrogen (secondary N) is 3. The first kappa shape index (κ1) is 19.8. The number of urea groups is 1. The Balaban J connectivity index is 1.92. The smallest absolute Gasteiger partial charge is 0.314 e. The normalized spacial score (nSPS) is 26.1. The number of hydrogen-bond donors (Lipinski definition) is 3. The SMILES string of the molecule is CNC(=O)NC1CCN(C(=NCC(C)C)NCC2CCS(=O)(=O)C2)C1. The fraction of sp³-hybridized carbons (Fsp3) is 0.875. The largest absolute Gasteiger partial charge is 0.356 e. The molecule has 2 unspecified atom stereocenters. The molecule has 0 aliphatic carbocycles. The van der Waals surface area contributed by atoms with Crippen LogP contribution in [0.25, 0.3) is 0 Å². The summed E-state index contributed by atoms with van der Waals surface area (Å²) < 4.78 is 23.2. The molecule has 2 atom stereocenters. The predicted molar refractivity (Wildman–Crippen MR) is 99.5 cm³/mol. The molecule has 2 aliphatic rings. The Bertz CT molecular complexity index is 591. The molecule has 2 fully saturated rings. The van der Waals surface area contributed by atoms with Crippen LogP contribution in [-0.2, 0) is 9.84 Å². The van der Waals surface area contributed by atoms with Gasteiger partial charge in [0.2, 0.25) is 0 Å². The van der Waals surface area contributed by atoms with Gasteiger partial charge in [-0.1, -0.05) is 13.8 Å². The van der Waals surface area contributed by atoms with Gasteiger partial charge in [-0.2, -0.15) is 0 Å². The van der Waals surface area contributed by atoms with Crippen LogP contribution >= 0.6 is 0 Å². The molecule has 0 bridgehead atoms. The molecule has 0 aromatic rings. The van der Waals surface area contributed by atoms with Crippen LogP contribution in [0.15, 0.2) is 4.99 Å². The second-order valence-electron chi connectivity index (χ2n) is 7.36. The maximum Gasteiger partial charge on any atom is 0.314 e. The topological polar surface area (TPSA) is 103 Å². The van der Waals surface area contributed by atoms with Gasteiger partial charge in [0.05, 0.1) is 11.5 Å². The first-order valence-electron chi connectivity index (χ1n) is 9.01. The van der Waals surface area contributed by atoms with Gasteiger partial charge in [-0.25, -0.2) is 13.2 Å². The van der Waals surface area contributed by atoms with Gasteiger partial charge in [-0.3, -0.25) is 4.99 Å². The number of carbonyl (C=O) groups is 1. The standard InChI is InChI=1S/C16H31N5O3S/c1-12(2)8-18-15(19-9-13-5-7-25(23,24)11-13)21-6-4-14(10-21)20-16(22)17-3/h12-14H,4-11H2,1-3H3,(H,18,19)(H2,17,20,22). The van der Waals surface area contributed by atoms with Gasteiger partial charge in [0.1, 0.15) is 0 Å². The molecule has 0 radical (unpaired) electrons. The van der Waals surface area contributed by atoms with Crippen LogP contribution in [0.5, 0.6) is 0 Å². The van der Waals surface area contributed by atoms with Crippen molar-refractivity contribution < 1.29 is 13.2 Å². The zero-order chi connectivity index (χ0) is 18.4. The summed E-state index contributed by atoms with van der Waals surface area (Å²) in [5.41, 5.74) is 0. The minimum absolute atomic E-state index is 0.0952. The lowest BCUT2D eigenvalue weighted by Gasteiger charge is -2.24. The molecule has 2 rings (SSSR count). The van der Waals surface area contributed by atoms with Crippen LogP contribution in [0.2, 0.25) is 0 Å². The highest BCUT2D eigenvalue weighted by Gasteiger charge is 2.30. The molecule has 0 saturated carbocycles. The molecule has 2 saturated heterocycles. The predicted octanol–water partition coefficient (Wildman–Crippen LogP) is 0.0260. The average Bonchev–Trinajstić information content (AvgIpc) is 3.13. The highest BCUT2D eigenvalue weighted by atomic mass is 32.2. The molecule has 2 heterocycles. The zero-order valence-electron chi connectivity index (χ0n) is 15.4. The number of sulfone groups is 1. The number of carbonyl (C=O) groups excluding carboxylic acids is 1. The number of rotatable bonds is 5. The number of aliphatic imine (C=N–C) groups is 1. The summed E-state index contributed by atoms with van der Waals surface area (Å²) in [5, 5.41) is 8.87. The van der Waals surface area contributed by atoms with Gasteiger partial charge in [-0.05, 0) is 24.7 Å². The Morgan fingerprint density at radius 3 is 2.68 bits per heavy atom. The van der Waals surface area contributed by atoms with Gasteiger partial charge in [0, 0.05) is 39.3 Å². The minimum atomic E-state index is -2.86. The number of nitrogens with zero attached hydrogens (tertiary/aromatic N) is 2. The van der Waals surface area contributed by atoms with E-state index in [1.165, 1.54) is 0 Å². The Morgan fingerprint density at radius 1 is 1.32 bits per heavy atom. The van der Waals surface area contributed by atoms with Crippen LogP contribution in [0, 0.1) is 11.8 Å². The summed E-state index contributed by atoms with van der Waals surface area (Å²) in [7, 11) is -1.26. The van der Waals surface area contributed by atoms with Crippen molar-refractivity contribution in [3.05, 3.63) is 0 Å². The minimum Gasteiger partial charge on any atom is -0.356 e. The number of likely N-dealkylation sites (tertiary alicyclic amines) is 1. The van der Waals surface area contributed by atoms with Gasteiger partial charge >= 0.3 is 6.03 Å². The Hall–Kier alpha value is -1.51. The quantitative estimate of drug-likeness (QED) is 0.466. The van der Waals surface area contributed by atoms with E-state index in [4.69, 9.17) is 0 Å². The lowest BCUT2D eigenvalue weighted by atomic mass is 10.1. The van der Waals surface area contributed by atoms with E-state index in [-0.39, 0.29) is 23.7 Å². The molecular formula is C16H31N5O3S. The van der Waals surface area contributed by atoms with Crippen molar-refractivity contribution in [2.24, 2.45) is 16.8 Å². The lowest BCUT2D eigenvalue weighted by Crippen LogP contribution is -2.46. The van der Waals surface area contributed by atoms with Gasteiger partial charge in [-0.15, -0.1) is 0 Å². The molecule has 3 N–H and O–H groups in total. The maximum absolute atomic E-state index is 11.6. The van der Waals surface area contributed by atoms with E-state index >= 15 is 0 Å². The maximum atomic E-state index is 11.6. The first-order valence-corrected chi connectivity index (χ1v) is 10.8. The lowest BCUT2D eigenvalue weighted by molar-refractivity contribution is 0.239. The molecule has 0 aromatic carbocycles. The third-order valence-corrected chi connectivity index (χ3v) is 6.37. The van der Waals surface area contributed by atoms with E-state index in [2.05, 4.69) is 39.7 Å². The number of amides is 2. The van der Waals surface area contributed by atoms with E-state index in [1.54, 1.807) is 7.05 Å². The van der Waals surface area contributed by atoms with Gasteiger partial charge in [0.15, 0.2) is 15.8 Å². The van der Waals surface area contributed by atoms with Crippen LogP contribution < -0.4 is 16.0 Å². The Labute approximate surface area is 150 Å². The van der Waals surface area contributed by atoms with Gasteiger partial charge in [0.25, 0.3) is 0 Å². The molecule has 25 heavy (non-hydrogen) atoms. The fourth-order valence-corrected chi connectivity index (χ4v) is 5.00. The molecule has 2 aliphatic heterocycles. The average molecular weight is 374 g/mol. The van der Waals surface area contributed by atoms with E-state index in [9.17, 15) is 13.2 Å². The molecule has 2 amide bonds. The van der Waals surface area contributed by atoms with Crippen molar-refractivity contribution in [3.8, 4) is 0 Å². The third kappa shape index (κ3) is 6.37. The summed E-state index contributed by atoms with van der Waals surface area (Å²) in [6, 6.07) is -0.0745. The summed E-state index contributed by atoms with van der Waals surface area (Å²) in [5.74, 6) is 1.97. The van der Waals surface area contributed by atoms with Crippen molar-refractivity contribution in [1.82, 2.24) is 20.9 Å². The molecular weight excluding hydrogens is 342 g/mol. The van der Waals surface area contributed by atoms with Crippen molar-refractivity contribution in [3.63, 3.8) is 0 Å². The van der Waals surface area contributed by atoms with Gasteiger partial charge < -0.3 is 20.9 Å². The van der Waals surface area contributed by atoms with Crippen LogP contribution in [-0.4, -0.2) is 76.1 Å². The van der Waals surface area contributed by atoms with Crippen molar-refractivity contribution in [1.29, 1.82) is 0 Å². The molecule has 8 nitrogen and oxygen atoms in total. The Morgan fingerprint density at radius 2 is 2.08 bits per heavy atom. The van der Waals surface area contributed by atoms with E-state index in [0.29, 0.717) is 31.2 Å². The molecule has 0 spiro atoms. The monoisotopic (exact) mass is 373 g/mol. The first-order chi connectivity index (χ1) is 11.8. The van der Waals surface area contributed by atoms with E-state index in [0.717, 1.165) is 25.5 Å². The van der Waals surface area contributed by atoms with Crippen LogP contribution in [0.4, 0.5) is 4.79 Å². The highest BCUT2D eigenvalue weighted by Crippen LogP contribution is 2.18. The Kier molecular flexibility index (Phi) is 6.92. The summed E-state index contributed by atoms with van der Waals surface area (Å²) in [6.07, 6.45) is 1.58. The van der Waals surface area contributed by atoms with Crippen LogP contribution in [0.1, 0.15) is 26.7 Å². The fourth-order valence-electron chi connectivity index (χ4n) is 3.13. The second kappa shape index (κ2) is 8.73. The highest BCUT2D eigenvalue weighted by molar-refractivity contribution is 7.91. The number of guanidine groups is 1. The van der Waals surface area contributed by atoms with Crippen molar-refractivity contribution >= 4 is 21.8 Å². The summed E-state index contributed by atoms with van der Waals surface area (Å²) in [4.78, 5) is 18.3. The summed E-state index contributed by atoms with van der Waals surface area (Å²) in [6.45, 7) is 7.10. The van der Waals surface area contributed by atoms with Crippen molar-refractivity contribution in [2.75, 3.05) is 44.7 Å². The second-order valence-corrected chi connectivity index (χ2v) is 9.59. The van der Waals surface area contributed by atoms with E-state index < -0.39 is 9.84 Å². The third-order valence-electron chi connectivity index (χ3n) is 4.53. The van der Waals surface area contributed by atoms with Crippen molar-refractivity contribution in [2.45, 2.75) is 32.7 Å². The molecule has 144 valence electrons. The molecule has 0 aromatic heterocycles. The number of hydrogen-bond acceptors (Lipinski definition) is 4. The zero-order valence-corrected chi connectivity index (χ0v) is 16.2. The summed E-state index contributed by atoms with van der Waals surface area (Å²) >= 11 is 0. The molecule has 9 heteroatoms. The van der Waals surface area contributed by atoms with Crippen LogP contribution in [0.3, 0.4) is 0 Å². The van der Waals surface area contributed by atoms with E-state index in [1.807, 2.05) is 0 Å².